The summed E-state index contributed by atoms with van der Waals surface area (Å²) in [6, 6.07) is 16.9. The smallest absolute Gasteiger partial charge is 0.246 e. The zero-order chi connectivity index (χ0) is 21.8. The number of sulfonamides is 1. The van der Waals surface area contributed by atoms with Crippen LogP contribution in [0.15, 0.2) is 65.6 Å². The van der Waals surface area contributed by atoms with E-state index in [1.54, 1.807) is 0 Å². The average Bonchev–Trinajstić information content (AvgIpc) is 2.80. The normalized spacial score (nSPS) is 15.1. The van der Waals surface area contributed by atoms with Crippen molar-refractivity contribution in [2.24, 2.45) is 0 Å². The molecule has 2 heterocycles. The van der Waals surface area contributed by atoms with Gasteiger partial charge in [0, 0.05) is 31.7 Å². The number of halogens is 1. The van der Waals surface area contributed by atoms with Crippen LogP contribution >= 0.6 is 0 Å². The Morgan fingerprint density at radius 3 is 2.26 bits per heavy atom. The lowest BCUT2D eigenvalue weighted by Crippen LogP contribution is -2.49. The Bertz CT molecular complexity index is 1130. The Hall–Kier alpha value is -3.04. The van der Waals surface area contributed by atoms with Crippen LogP contribution in [0.5, 0.6) is 5.75 Å². The lowest BCUT2D eigenvalue weighted by atomic mass is 10.1. The predicted octanol–water partition coefficient (Wildman–Crippen LogP) is 3.19. The van der Waals surface area contributed by atoms with Crippen LogP contribution in [-0.4, -0.2) is 55.7 Å². The molecule has 9 heteroatoms. The van der Waals surface area contributed by atoms with E-state index < -0.39 is 15.8 Å². The minimum atomic E-state index is -3.86. The van der Waals surface area contributed by atoms with Gasteiger partial charge in [-0.15, -0.1) is 10.2 Å². The van der Waals surface area contributed by atoms with E-state index in [9.17, 15) is 12.8 Å². The van der Waals surface area contributed by atoms with E-state index in [2.05, 4.69) is 10.2 Å². The molecule has 31 heavy (non-hydrogen) atoms. The topological polar surface area (TPSA) is 75.6 Å². The van der Waals surface area contributed by atoms with Gasteiger partial charge in [-0.2, -0.15) is 4.31 Å². The zero-order valence-electron chi connectivity index (χ0n) is 17.1. The fourth-order valence-corrected chi connectivity index (χ4v) is 4.97. The minimum Gasteiger partial charge on any atom is -0.494 e. The van der Waals surface area contributed by atoms with Gasteiger partial charge < -0.3 is 9.64 Å². The molecule has 1 fully saturated rings. The highest BCUT2D eigenvalue weighted by Gasteiger charge is 2.30. The maximum absolute atomic E-state index is 14.0. The molecule has 3 aromatic rings. The molecule has 0 spiro atoms. The van der Waals surface area contributed by atoms with Crippen molar-refractivity contribution in [3.8, 4) is 17.0 Å². The number of hydrogen-bond donors (Lipinski definition) is 0. The Labute approximate surface area is 181 Å². The summed E-state index contributed by atoms with van der Waals surface area (Å²) in [5.74, 6) is 0.748. The summed E-state index contributed by atoms with van der Waals surface area (Å²) in [4.78, 5) is 1.69. The van der Waals surface area contributed by atoms with Crippen LogP contribution in [-0.2, 0) is 10.0 Å². The van der Waals surface area contributed by atoms with Gasteiger partial charge in [-0.25, -0.2) is 12.8 Å². The Morgan fingerprint density at radius 2 is 1.65 bits per heavy atom. The molecule has 7 nitrogen and oxygen atoms in total. The first-order valence-corrected chi connectivity index (χ1v) is 11.5. The summed E-state index contributed by atoms with van der Waals surface area (Å²) in [7, 11) is -3.86. The predicted molar refractivity (Wildman–Crippen MR) is 116 cm³/mol. The Kier molecular flexibility index (Phi) is 6.15. The largest absolute Gasteiger partial charge is 0.494 e. The third-order valence-electron chi connectivity index (χ3n) is 5.13. The van der Waals surface area contributed by atoms with Crippen LogP contribution in [0.25, 0.3) is 11.3 Å². The molecule has 0 atom stereocenters. The van der Waals surface area contributed by atoms with E-state index in [-0.39, 0.29) is 18.0 Å². The molecule has 2 aromatic carbocycles. The van der Waals surface area contributed by atoms with Crippen molar-refractivity contribution in [3.63, 3.8) is 0 Å². The molecule has 1 aliphatic heterocycles. The van der Waals surface area contributed by atoms with Gasteiger partial charge in [-0.05, 0) is 55.5 Å². The molecule has 162 valence electrons. The van der Waals surface area contributed by atoms with Gasteiger partial charge in [0.25, 0.3) is 0 Å². The van der Waals surface area contributed by atoms with Crippen molar-refractivity contribution < 1.29 is 17.5 Å². The van der Waals surface area contributed by atoms with Gasteiger partial charge in [0.05, 0.1) is 12.3 Å². The molecule has 1 aromatic heterocycles. The lowest BCUT2D eigenvalue weighted by molar-refractivity contribution is 0.340. The number of ether oxygens (including phenoxy) is 1. The molecule has 1 saturated heterocycles. The molecular weight excluding hydrogens is 419 g/mol. The molecule has 0 N–H and O–H groups in total. The molecule has 0 bridgehead atoms. The zero-order valence-corrected chi connectivity index (χ0v) is 17.9. The summed E-state index contributed by atoms with van der Waals surface area (Å²) < 4.78 is 46.2. The number of aromatic nitrogens is 2. The van der Waals surface area contributed by atoms with Crippen molar-refractivity contribution in [2.75, 3.05) is 37.7 Å². The molecule has 0 radical (unpaired) electrons. The summed E-state index contributed by atoms with van der Waals surface area (Å²) >= 11 is 0. The third kappa shape index (κ3) is 4.52. The average molecular weight is 443 g/mol. The van der Waals surface area contributed by atoms with Crippen molar-refractivity contribution in [2.45, 2.75) is 11.8 Å². The highest BCUT2D eigenvalue weighted by molar-refractivity contribution is 7.89. The van der Waals surface area contributed by atoms with Gasteiger partial charge >= 0.3 is 0 Å². The highest BCUT2D eigenvalue weighted by Crippen LogP contribution is 2.24. The second-order valence-corrected chi connectivity index (χ2v) is 8.96. The quantitative estimate of drug-likeness (QED) is 0.584. The van der Waals surface area contributed by atoms with Crippen LogP contribution < -0.4 is 9.64 Å². The second kappa shape index (κ2) is 8.99. The van der Waals surface area contributed by atoms with Crippen molar-refractivity contribution >= 4 is 15.8 Å². The van der Waals surface area contributed by atoms with Gasteiger partial charge in [0.2, 0.25) is 10.0 Å². The number of benzene rings is 2. The molecule has 1 aliphatic rings. The maximum Gasteiger partial charge on any atom is 0.246 e. The van der Waals surface area contributed by atoms with Crippen molar-refractivity contribution in [3.05, 3.63) is 66.5 Å². The fraction of sp³-hybridized carbons (Fsp3) is 0.273. The van der Waals surface area contributed by atoms with E-state index in [1.165, 1.54) is 22.5 Å². The molecule has 0 unspecified atom stereocenters. The van der Waals surface area contributed by atoms with Crippen molar-refractivity contribution in [1.82, 2.24) is 14.5 Å². The highest BCUT2D eigenvalue weighted by atomic mass is 32.2. The Morgan fingerprint density at radius 1 is 0.935 bits per heavy atom. The van der Waals surface area contributed by atoms with E-state index in [1.807, 2.05) is 48.2 Å². The first kappa shape index (κ1) is 21.2. The monoisotopic (exact) mass is 442 g/mol. The van der Waals surface area contributed by atoms with Crippen LogP contribution in [0.1, 0.15) is 6.92 Å². The summed E-state index contributed by atoms with van der Waals surface area (Å²) in [5.41, 5.74) is 1.68. The standard InChI is InChI=1S/C22H23FN4O3S/c1-2-30-18-9-7-17(8-10-18)20-11-12-22(25-24-20)26-13-15-27(16-14-26)31(28,29)21-6-4-3-5-19(21)23/h3-12H,2,13-16H2,1H3. The van der Waals surface area contributed by atoms with Gasteiger partial charge in [0.1, 0.15) is 16.5 Å². The van der Waals surface area contributed by atoms with Gasteiger partial charge in [-0.1, -0.05) is 12.1 Å². The maximum atomic E-state index is 14.0. The number of rotatable bonds is 6. The van der Waals surface area contributed by atoms with Crippen molar-refractivity contribution in [1.29, 1.82) is 0 Å². The van der Waals surface area contributed by atoms with Crippen LogP contribution in [0, 0.1) is 5.82 Å². The number of nitrogens with zero attached hydrogens (tertiary/aromatic N) is 4. The fourth-order valence-electron chi connectivity index (χ4n) is 3.49. The molecule has 0 aliphatic carbocycles. The molecule has 4 rings (SSSR count). The molecule has 0 amide bonds. The summed E-state index contributed by atoms with van der Waals surface area (Å²) in [5, 5.41) is 8.63. The third-order valence-corrected chi connectivity index (χ3v) is 7.06. The van der Waals surface area contributed by atoms with E-state index in [4.69, 9.17) is 4.74 Å². The first-order chi connectivity index (χ1) is 15.0. The van der Waals surface area contributed by atoms with Gasteiger partial charge in [-0.3, -0.25) is 0 Å². The molecular formula is C22H23FN4O3S. The van der Waals surface area contributed by atoms with E-state index in [0.29, 0.717) is 25.5 Å². The van der Waals surface area contributed by atoms with Gasteiger partial charge in [0.15, 0.2) is 5.82 Å². The number of piperazine rings is 1. The number of anilines is 1. The molecule has 0 saturated carbocycles. The second-order valence-electron chi connectivity index (χ2n) is 7.06. The van der Waals surface area contributed by atoms with E-state index in [0.717, 1.165) is 23.1 Å². The lowest BCUT2D eigenvalue weighted by Gasteiger charge is -2.34. The summed E-state index contributed by atoms with van der Waals surface area (Å²) in [6.45, 7) is 3.95. The van der Waals surface area contributed by atoms with Crippen LogP contribution in [0.2, 0.25) is 0 Å². The minimum absolute atomic E-state index is 0.249. The van der Waals surface area contributed by atoms with Crippen LogP contribution in [0.4, 0.5) is 10.2 Å². The van der Waals surface area contributed by atoms with Crippen LogP contribution in [0.3, 0.4) is 0 Å². The van der Waals surface area contributed by atoms with E-state index >= 15 is 0 Å². The first-order valence-electron chi connectivity index (χ1n) is 10.1. The summed E-state index contributed by atoms with van der Waals surface area (Å²) in [6.07, 6.45) is 0. The SMILES string of the molecule is CCOc1ccc(-c2ccc(N3CCN(S(=O)(=O)c4ccccc4F)CC3)nn2)cc1. The Balaban J connectivity index is 1.41. The number of hydrogen-bond acceptors (Lipinski definition) is 6.